The highest BCUT2D eigenvalue weighted by molar-refractivity contribution is 4.77. The predicted molar refractivity (Wildman–Crippen MR) is 43.9 cm³/mol. The van der Waals surface area contributed by atoms with Gasteiger partial charge in [-0.25, -0.2) is 0 Å². The fourth-order valence-electron chi connectivity index (χ4n) is 1.65. The molecule has 2 nitrogen and oxygen atoms in total. The summed E-state index contributed by atoms with van der Waals surface area (Å²) in [6.45, 7) is 4.24. The summed E-state index contributed by atoms with van der Waals surface area (Å²) in [5.74, 6) is 0.926. The minimum Gasteiger partial charge on any atom is -0.329 e. The quantitative estimate of drug-likeness (QED) is 0.596. The molecule has 0 aromatic carbocycles. The molecule has 0 saturated carbocycles. The van der Waals surface area contributed by atoms with Crippen LogP contribution in [0.1, 0.15) is 26.2 Å². The van der Waals surface area contributed by atoms with E-state index < -0.39 is 0 Å². The largest absolute Gasteiger partial charge is 0.329 e. The Bertz CT molecular complexity index is 83.3. The Morgan fingerprint density at radius 2 is 2.40 bits per heavy atom. The topological polar surface area (TPSA) is 38.0 Å². The normalized spacial score (nSPS) is 34.2. The molecule has 1 aliphatic rings. The zero-order valence-corrected chi connectivity index (χ0v) is 6.77. The molecule has 0 aliphatic carbocycles. The summed E-state index contributed by atoms with van der Waals surface area (Å²) in [4.78, 5) is 0. The minimum atomic E-state index is 0.596. The number of nitrogens with two attached hydrogens (primary N) is 1. The van der Waals surface area contributed by atoms with Gasteiger partial charge >= 0.3 is 0 Å². The summed E-state index contributed by atoms with van der Waals surface area (Å²) in [6.07, 6.45) is 3.94. The highest BCUT2D eigenvalue weighted by Gasteiger charge is 2.17. The number of piperidine rings is 1. The van der Waals surface area contributed by atoms with Crippen molar-refractivity contribution in [2.45, 2.75) is 32.2 Å². The molecule has 0 aromatic rings. The maximum Gasteiger partial charge on any atom is 0.0192 e. The number of hydrogen-bond donors (Lipinski definition) is 2. The Balaban J connectivity index is 2.25. The van der Waals surface area contributed by atoms with Crippen molar-refractivity contribution in [2.24, 2.45) is 11.7 Å². The van der Waals surface area contributed by atoms with Crippen LogP contribution in [0.2, 0.25) is 0 Å². The van der Waals surface area contributed by atoms with Gasteiger partial charge in [-0.2, -0.15) is 0 Å². The third-order valence-corrected chi connectivity index (χ3v) is 2.47. The van der Waals surface area contributed by atoms with Crippen LogP contribution in [-0.2, 0) is 0 Å². The van der Waals surface area contributed by atoms with Gasteiger partial charge in [-0.05, 0) is 25.3 Å². The van der Waals surface area contributed by atoms with Gasteiger partial charge in [-0.3, -0.25) is 0 Å². The second-order valence-electron chi connectivity index (χ2n) is 3.19. The molecular weight excluding hydrogens is 124 g/mol. The molecule has 3 N–H and O–H groups in total. The van der Waals surface area contributed by atoms with Gasteiger partial charge in [0.1, 0.15) is 0 Å². The van der Waals surface area contributed by atoms with Gasteiger partial charge in [0.05, 0.1) is 0 Å². The highest BCUT2D eigenvalue weighted by Crippen LogP contribution is 2.18. The molecule has 10 heavy (non-hydrogen) atoms. The van der Waals surface area contributed by atoms with Crippen LogP contribution in [0.15, 0.2) is 0 Å². The van der Waals surface area contributed by atoms with E-state index in [2.05, 4.69) is 12.2 Å². The summed E-state index contributed by atoms with van der Waals surface area (Å²) < 4.78 is 0. The lowest BCUT2D eigenvalue weighted by Gasteiger charge is -2.28. The molecule has 1 saturated heterocycles. The van der Waals surface area contributed by atoms with Gasteiger partial charge in [0.2, 0.25) is 0 Å². The van der Waals surface area contributed by atoms with Gasteiger partial charge in [0.15, 0.2) is 0 Å². The van der Waals surface area contributed by atoms with Gasteiger partial charge in [-0.15, -0.1) is 0 Å². The fraction of sp³-hybridized carbons (Fsp3) is 1.00. The zero-order valence-electron chi connectivity index (χ0n) is 6.77. The lowest BCUT2D eigenvalue weighted by Crippen LogP contribution is -2.42. The van der Waals surface area contributed by atoms with E-state index in [1.165, 1.54) is 25.8 Å². The Hall–Kier alpha value is -0.0800. The first-order valence-electron chi connectivity index (χ1n) is 4.30. The number of hydrogen-bond acceptors (Lipinski definition) is 2. The van der Waals surface area contributed by atoms with E-state index in [9.17, 15) is 0 Å². The van der Waals surface area contributed by atoms with E-state index in [0.717, 1.165) is 12.5 Å². The fourth-order valence-corrected chi connectivity index (χ4v) is 1.65. The Morgan fingerprint density at radius 1 is 1.60 bits per heavy atom. The van der Waals surface area contributed by atoms with Gasteiger partial charge in [0, 0.05) is 12.6 Å². The molecule has 1 heterocycles. The first-order chi connectivity index (χ1) is 4.86. The Kier molecular flexibility index (Phi) is 3.16. The minimum absolute atomic E-state index is 0.596. The van der Waals surface area contributed by atoms with Gasteiger partial charge in [-0.1, -0.05) is 13.3 Å². The molecule has 2 atom stereocenters. The molecule has 0 radical (unpaired) electrons. The van der Waals surface area contributed by atoms with Crippen LogP contribution in [0.5, 0.6) is 0 Å². The molecule has 2 heteroatoms. The van der Waals surface area contributed by atoms with E-state index in [1.54, 1.807) is 0 Å². The van der Waals surface area contributed by atoms with Crippen molar-refractivity contribution >= 4 is 0 Å². The summed E-state index contributed by atoms with van der Waals surface area (Å²) in [6, 6.07) is 0.596. The third kappa shape index (κ3) is 1.96. The van der Waals surface area contributed by atoms with Crippen molar-refractivity contribution in [3.63, 3.8) is 0 Å². The van der Waals surface area contributed by atoms with Crippen LogP contribution in [0.3, 0.4) is 0 Å². The molecular formula is C8H18N2. The molecule has 0 bridgehead atoms. The van der Waals surface area contributed by atoms with Crippen molar-refractivity contribution in [3.8, 4) is 0 Å². The molecule has 0 aromatic heterocycles. The molecule has 60 valence electrons. The van der Waals surface area contributed by atoms with Crippen LogP contribution in [0.4, 0.5) is 0 Å². The standard InChI is InChI=1S/C8H18N2/c1-2-7-3-4-10-8(5-7)6-9/h7-8,10H,2-6,9H2,1H3. The number of nitrogens with one attached hydrogen (secondary N) is 1. The van der Waals surface area contributed by atoms with Crippen molar-refractivity contribution in [1.29, 1.82) is 0 Å². The van der Waals surface area contributed by atoms with Crippen LogP contribution >= 0.6 is 0 Å². The van der Waals surface area contributed by atoms with Crippen molar-refractivity contribution in [2.75, 3.05) is 13.1 Å². The molecule has 0 amide bonds. The summed E-state index contributed by atoms with van der Waals surface area (Å²) in [7, 11) is 0. The summed E-state index contributed by atoms with van der Waals surface area (Å²) >= 11 is 0. The van der Waals surface area contributed by atoms with E-state index in [4.69, 9.17) is 5.73 Å². The lowest BCUT2D eigenvalue weighted by atomic mass is 9.90. The predicted octanol–water partition coefficient (Wildman–Crippen LogP) is 0.723. The summed E-state index contributed by atoms with van der Waals surface area (Å²) in [5, 5.41) is 3.41. The highest BCUT2D eigenvalue weighted by atomic mass is 14.9. The van der Waals surface area contributed by atoms with E-state index >= 15 is 0 Å². The lowest BCUT2D eigenvalue weighted by molar-refractivity contribution is 0.299. The van der Waals surface area contributed by atoms with Gasteiger partial charge < -0.3 is 11.1 Å². The number of rotatable bonds is 2. The van der Waals surface area contributed by atoms with Crippen LogP contribution < -0.4 is 11.1 Å². The van der Waals surface area contributed by atoms with Crippen LogP contribution in [-0.4, -0.2) is 19.1 Å². The maximum absolute atomic E-state index is 5.56. The molecule has 1 rings (SSSR count). The van der Waals surface area contributed by atoms with Crippen LogP contribution in [0.25, 0.3) is 0 Å². The van der Waals surface area contributed by atoms with E-state index in [-0.39, 0.29) is 0 Å². The van der Waals surface area contributed by atoms with Crippen molar-refractivity contribution in [3.05, 3.63) is 0 Å². The second-order valence-corrected chi connectivity index (χ2v) is 3.19. The first kappa shape index (κ1) is 8.02. The first-order valence-corrected chi connectivity index (χ1v) is 4.30. The second kappa shape index (κ2) is 3.94. The van der Waals surface area contributed by atoms with Crippen molar-refractivity contribution in [1.82, 2.24) is 5.32 Å². The van der Waals surface area contributed by atoms with Crippen LogP contribution in [0, 0.1) is 5.92 Å². The Labute approximate surface area is 63.2 Å². The monoisotopic (exact) mass is 142 g/mol. The van der Waals surface area contributed by atoms with Crippen molar-refractivity contribution < 1.29 is 0 Å². The molecule has 2 unspecified atom stereocenters. The van der Waals surface area contributed by atoms with Gasteiger partial charge in [0.25, 0.3) is 0 Å². The SMILES string of the molecule is CCC1CCNC(CN)C1. The molecule has 1 aliphatic heterocycles. The molecule has 0 spiro atoms. The van der Waals surface area contributed by atoms with E-state index in [0.29, 0.717) is 6.04 Å². The Morgan fingerprint density at radius 3 is 3.00 bits per heavy atom. The van der Waals surface area contributed by atoms with E-state index in [1.807, 2.05) is 0 Å². The zero-order chi connectivity index (χ0) is 7.40. The molecule has 1 fully saturated rings. The summed E-state index contributed by atoms with van der Waals surface area (Å²) in [5.41, 5.74) is 5.56. The smallest absolute Gasteiger partial charge is 0.0192 e. The average Bonchev–Trinajstić information content (AvgIpc) is 2.05. The third-order valence-electron chi connectivity index (χ3n) is 2.47. The maximum atomic E-state index is 5.56. The average molecular weight is 142 g/mol.